The zero-order valence-corrected chi connectivity index (χ0v) is 6.24. The van der Waals surface area contributed by atoms with Crippen molar-refractivity contribution in [3.05, 3.63) is 42.2 Å². The van der Waals surface area contributed by atoms with E-state index in [-0.39, 0.29) is 5.82 Å². The molecule has 0 N–H and O–H groups in total. The van der Waals surface area contributed by atoms with Crippen LogP contribution < -0.4 is 0 Å². The van der Waals surface area contributed by atoms with Crippen LogP contribution in [0.4, 0.5) is 4.39 Å². The summed E-state index contributed by atoms with van der Waals surface area (Å²) in [6, 6.07) is 6.06. The molecule has 10 heavy (non-hydrogen) atoms. The molecule has 0 saturated heterocycles. The molecule has 0 aromatic heterocycles. The van der Waals surface area contributed by atoms with Gasteiger partial charge in [-0.15, -0.1) is 12.6 Å². The number of benzene rings is 1. The summed E-state index contributed by atoms with van der Waals surface area (Å²) in [5, 5.41) is 0. The SMILES string of the molecule is C=C(S)c1ccc(F)cc1. The zero-order chi connectivity index (χ0) is 7.56. The van der Waals surface area contributed by atoms with Crippen LogP contribution in [0.3, 0.4) is 0 Å². The summed E-state index contributed by atoms with van der Waals surface area (Å²) in [5.41, 5.74) is 0.852. The lowest BCUT2D eigenvalue weighted by molar-refractivity contribution is 0.628. The molecule has 0 amide bonds. The Morgan fingerprint density at radius 2 is 1.80 bits per heavy atom. The maximum atomic E-state index is 12.3. The Balaban J connectivity index is 3.00. The molecular formula is C8H7FS. The van der Waals surface area contributed by atoms with Gasteiger partial charge in [0.2, 0.25) is 0 Å². The lowest BCUT2D eigenvalue weighted by atomic mass is 10.2. The first-order chi connectivity index (χ1) is 4.70. The molecule has 1 aromatic rings. The standard InChI is InChI=1S/C8H7FS/c1-6(10)7-2-4-8(9)5-3-7/h2-5,10H,1H2. The Labute approximate surface area is 64.8 Å². The second-order valence-corrected chi connectivity index (χ2v) is 2.49. The third-order valence-corrected chi connectivity index (χ3v) is 1.44. The predicted molar refractivity (Wildman–Crippen MR) is 44.4 cm³/mol. The summed E-state index contributed by atoms with van der Waals surface area (Å²) in [4.78, 5) is 0.653. The molecule has 0 heterocycles. The van der Waals surface area contributed by atoms with Gasteiger partial charge in [0, 0.05) is 4.91 Å². The number of thiol groups is 1. The fourth-order valence-electron chi connectivity index (χ4n) is 0.642. The highest BCUT2D eigenvalue weighted by Gasteiger charge is 1.92. The van der Waals surface area contributed by atoms with Gasteiger partial charge in [-0.1, -0.05) is 18.7 Å². The van der Waals surface area contributed by atoms with Crippen molar-refractivity contribution in [3.8, 4) is 0 Å². The van der Waals surface area contributed by atoms with Crippen LogP contribution >= 0.6 is 12.6 Å². The Bertz CT molecular complexity index is 238. The molecule has 0 atom stereocenters. The second-order valence-electron chi connectivity index (χ2n) is 1.95. The molecular weight excluding hydrogens is 147 g/mol. The molecule has 0 aliphatic carbocycles. The van der Waals surface area contributed by atoms with Gasteiger partial charge in [0.05, 0.1) is 0 Å². The first kappa shape index (κ1) is 7.35. The van der Waals surface area contributed by atoms with Crippen LogP contribution in [0.25, 0.3) is 4.91 Å². The normalized spacial score (nSPS) is 9.40. The van der Waals surface area contributed by atoms with E-state index >= 15 is 0 Å². The van der Waals surface area contributed by atoms with Gasteiger partial charge in [-0.3, -0.25) is 0 Å². The van der Waals surface area contributed by atoms with E-state index in [1.54, 1.807) is 12.1 Å². The second kappa shape index (κ2) is 2.88. The molecule has 1 rings (SSSR count). The van der Waals surface area contributed by atoms with Crippen molar-refractivity contribution in [1.82, 2.24) is 0 Å². The van der Waals surface area contributed by atoms with Gasteiger partial charge in [0.1, 0.15) is 5.82 Å². The van der Waals surface area contributed by atoms with Gasteiger partial charge >= 0.3 is 0 Å². The Kier molecular flexibility index (Phi) is 2.12. The zero-order valence-electron chi connectivity index (χ0n) is 5.34. The van der Waals surface area contributed by atoms with Crippen LogP contribution in [0.2, 0.25) is 0 Å². The van der Waals surface area contributed by atoms with Crippen molar-refractivity contribution in [1.29, 1.82) is 0 Å². The summed E-state index contributed by atoms with van der Waals surface area (Å²) in [7, 11) is 0. The number of halogens is 1. The quantitative estimate of drug-likeness (QED) is 0.591. The van der Waals surface area contributed by atoms with Crippen molar-refractivity contribution in [2.45, 2.75) is 0 Å². The molecule has 0 fully saturated rings. The largest absolute Gasteiger partial charge is 0.207 e. The van der Waals surface area contributed by atoms with Gasteiger partial charge in [0.25, 0.3) is 0 Å². The van der Waals surface area contributed by atoms with E-state index in [4.69, 9.17) is 0 Å². The van der Waals surface area contributed by atoms with Crippen molar-refractivity contribution < 1.29 is 4.39 Å². The van der Waals surface area contributed by atoms with Gasteiger partial charge < -0.3 is 0 Å². The Hall–Kier alpha value is -0.760. The maximum Gasteiger partial charge on any atom is 0.123 e. The fraction of sp³-hybridized carbons (Fsp3) is 0. The number of rotatable bonds is 1. The van der Waals surface area contributed by atoms with E-state index in [2.05, 4.69) is 19.2 Å². The minimum atomic E-state index is -0.238. The molecule has 0 bridgehead atoms. The molecule has 0 aliphatic rings. The number of hydrogen-bond acceptors (Lipinski definition) is 1. The van der Waals surface area contributed by atoms with Gasteiger partial charge in [-0.25, -0.2) is 4.39 Å². The van der Waals surface area contributed by atoms with Gasteiger partial charge in [0.15, 0.2) is 0 Å². The van der Waals surface area contributed by atoms with E-state index < -0.39 is 0 Å². The molecule has 1 aromatic carbocycles. The topological polar surface area (TPSA) is 0 Å². The Morgan fingerprint density at radius 1 is 1.30 bits per heavy atom. The van der Waals surface area contributed by atoms with Crippen molar-refractivity contribution >= 4 is 17.5 Å². The highest BCUT2D eigenvalue weighted by Crippen LogP contribution is 2.15. The average Bonchev–Trinajstić information content (AvgIpc) is 1.88. The van der Waals surface area contributed by atoms with Gasteiger partial charge in [-0.2, -0.15) is 0 Å². The lowest BCUT2D eigenvalue weighted by Crippen LogP contribution is -1.75. The van der Waals surface area contributed by atoms with Gasteiger partial charge in [-0.05, 0) is 17.7 Å². The first-order valence-corrected chi connectivity index (χ1v) is 3.28. The van der Waals surface area contributed by atoms with E-state index in [1.807, 2.05) is 0 Å². The summed E-state index contributed by atoms with van der Waals surface area (Å²) in [6.07, 6.45) is 0. The summed E-state index contributed by atoms with van der Waals surface area (Å²) in [5.74, 6) is -0.238. The summed E-state index contributed by atoms with van der Waals surface area (Å²) < 4.78 is 12.3. The van der Waals surface area contributed by atoms with Crippen LogP contribution in [-0.4, -0.2) is 0 Å². The Morgan fingerprint density at radius 3 is 2.20 bits per heavy atom. The summed E-state index contributed by atoms with van der Waals surface area (Å²) >= 11 is 4.00. The van der Waals surface area contributed by atoms with Crippen LogP contribution in [-0.2, 0) is 0 Å². The third-order valence-electron chi connectivity index (χ3n) is 1.18. The minimum absolute atomic E-state index is 0.238. The minimum Gasteiger partial charge on any atom is -0.207 e. The molecule has 0 radical (unpaired) electrons. The third kappa shape index (κ3) is 1.61. The summed E-state index contributed by atoms with van der Waals surface area (Å²) in [6.45, 7) is 3.60. The maximum absolute atomic E-state index is 12.3. The van der Waals surface area contributed by atoms with Crippen LogP contribution in [0.1, 0.15) is 5.56 Å². The highest BCUT2D eigenvalue weighted by molar-refractivity contribution is 7.90. The molecule has 0 nitrogen and oxygen atoms in total. The highest BCUT2D eigenvalue weighted by atomic mass is 32.1. The van der Waals surface area contributed by atoms with E-state index in [0.717, 1.165) is 5.56 Å². The fourth-order valence-corrected chi connectivity index (χ4v) is 0.791. The van der Waals surface area contributed by atoms with Crippen molar-refractivity contribution in [3.63, 3.8) is 0 Å². The molecule has 52 valence electrons. The van der Waals surface area contributed by atoms with E-state index in [1.165, 1.54) is 12.1 Å². The monoisotopic (exact) mass is 154 g/mol. The smallest absolute Gasteiger partial charge is 0.123 e. The molecule has 2 heteroatoms. The van der Waals surface area contributed by atoms with Crippen LogP contribution in [0.15, 0.2) is 30.8 Å². The average molecular weight is 154 g/mol. The lowest BCUT2D eigenvalue weighted by Gasteiger charge is -1.95. The van der Waals surface area contributed by atoms with Crippen molar-refractivity contribution in [2.75, 3.05) is 0 Å². The first-order valence-electron chi connectivity index (χ1n) is 2.84. The molecule has 0 aliphatic heterocycles. The molecule has 0 unspecified atom stereocenters. The predicted octanol–water partition coefficient (Wildman–Crippen LogP) is 2.73. The van der Waals surface area contributed by atoms with E-state index in [0.29, 0.717) is 4.91 Å². The van der Waals surface area contributed by atoms with Crippen LogP contribution in [0.5, 0.6) is 0 Å². The van der Waals surface area contributed by atoms with Crippen molar-refractivity contribution in [2.24, 2.45) is 0 Å². The molecule has 0 saturated carbocycles. The van der Waals surface area contributed by atoms with Crippen LogP contribution in [0, 0.1) is 5.82 Å². The van der Waals surface area contributed by atoms with E-state index in [9.17, 15) is 4.39 Å². The molecule has 0 spiro atoms. The number of hydrogen-bond donors (Lipinski definition) is 1.